The van der Waals surface area contributed by atoms with Gasteiger partial charge in [0.15, 0.2) is 11.6 Å². The molecule has 0 amide bonds. The van der Waals surface area contributed by atoms with Gasteiger partial charge in [-0.05, 0) is 17.7 Å². The maximum Gasteiger partial charge on any atom is 0.202 e. The van der Waals surface area contributed by atoms with Gasteiger partial charge in [-0.3, -0.25) is 0 Å². The van der Waals surface area contributed by atoms with Crippen molar-refractivity contribution < 1.29 is 18.0 Å². The molecule has 0 bridgehead atoms. The van der Waals surface area contributed by atoms with Gasteiger partial charge in [0.1, 0.15) is 5.69 Å². The second-order valence-corrected chi connectivity index (χ2v) is 3.92. The van der Waals surface area contributed by atoms with Crippen molar-refractivity contribution in [2.24, 2.45) is 0 Å². The van der Waals surface area contributed by atoms with Crippen molar-refractivity contribution in [1.82, 2.24) is 0 Å². The van der Waals surface area contributed by atoms with E-state index in [9.17, 15) is 13.3 Å². The van der Waals surface area contributed by atoms with Gasteiger partial charge in [-0.2, -0.15) is 4.39 Å². The van der Waals surface area contributed by atoms with Crippen LogP contribution in [-0.4, -0.2) is 7.11 Å². The van der Waals surface area contributed by atoms with E-state index in [2.05, 4.69) is 4.74 Å². The molecular formula is C14H12F3NO. The van der Waals surface area contributed by atoms with Gasteiger partial charge in [0, 0.05) is 0 Å². The van der Waals surface area contributed by atoms with E-state index in [-0.39, 0.29) is 17.4 Å². The van der Waals surface area contributed by atoms with E-state index in [1.165, 1.54) is 13.2 Å². The molecule has 0 saturated heterocycles. The molecule has 0 spiro atoms. The fraction of sp³-hybridized carbons (Fsp3) is 0.143. The molecule has 0 aliphatic rings. The van der Waals surface area contributed by atoms with E-state index in [1.54, 1.807) is 30.3 Å². The molecule has 0 unspecified atom stereocenters. The lowest BCUT2D eigenvalue weighted by atomic mass is 10.2. The van der Waals surface area contributed by atoms with Crippen molar-refractivity contribution in [3.05, 3.63) is 59.7 Å². The summed E-state index contributed by atoms with van der Waals surface area (Å²) in [6, 6.07) is 11.0. The smallest absolute Gasteiger partial charge is 0.202 e. The van der Waals surface area contributed by atoms with Crippen LogP contribution in [0.25, 0.3) is 0 Å². The molecule has 2 nitrogen and oxygen atoms in total. The third-order valence-corrected chi connectivity index (χ3v) is 2.67. The van der Waals surface area contributed by atoms with Crippen LogP contribution < -0.4 is 9.86 Å². The van der Waals surface area contributed by atoms with E-state index < -0.39 is 17.3 Å². The Bertz CT molecular complexity index is 560. The van der Waals surface area contributed by atoms with Crippen LogP contribution in [0.2, 0.25) is 0 Å². The molecule has 2 aromatic rings. The molecule has 19 heavy (non-hydrogen) atoms. The van der Waals surface area contributed by atoms with E-state index in [0.717, 1.165) is 6.07 Å². The summed E-state index contributed by atoms with van der Waals surface area (Å²) in [5, 5.41) is 0.160. The van der Waals surface area contributed by atoms with Crippen molar-refractivity contribution >= 4 is 5.69 Å². The predicted octanol–water partition coefficient (Wildman–Crippen LogP) is 3.86. The van der Waals surface area contributed by atoms with E-state index >= 15 is 0 Å². The Labute approximate surface area is 109 Å². The minimum Gasteiger partial charge on any atom is -0.494 e. The first kappa shape index (κ1) is 13.3. The molecule has 0 atom stereocenters. The number of nitrogens with zero attached hydrogens (tertiary/aromatic N) is 1. The van der Waals surface area contributed by atoms with Crippen LogP contribution in [-0.2, 0) is 6.54 Å². The van der Waals surface area contributed by atoms with E-state index in [0.29, 0.717) is 5.56 Å². The normalized spacial score (nSPS) is 10.3. The van der Waals surface area contributed by atoms with Crippen molar-refractivity contribution in [3.63, 3.8) is 0 Å². The summed E-state index contributed by atoms with van der Waals surface area (Å²) in [5.41, 5.74) is 0.197. The number of halogens is 3. The van der Waals surface area contributed by atoms with Crippen molar-refractivity contribution in [2.45, 2.75) is 6.54 Å². The summed E-state index contributed by atoms with van der Waals surface area (Å²) in [6.07, 6.45) is 0. The van der Waals surface area contributed by atoms with Gasteiger partial charge in [0.05, 0.1) is 13.7 Å². The van der Waals surface area contributed by atoms with E-state index in [1.807, 2.05) is 0 Å². The monoisotopic (exact) mass is 267 g/mol. The minimum atomic E-state index is -1.27. The summed E-state index contributed by atoms with van der Waals surface area (Å²) in [4.78, 5) is 0. The molecule has 100 valence electrons. The highest BCUT2D eigenvalue weighted by molar-refractivity contribution is 5.49. The summed E-state index contributed by atoms with van der Waals surface area (Å²) in [5.74, 6) is -2.72. The second kappa shape index (κ2) is 5.65. The second-order valence-electron chi connectivity index (χ2n) is 3.92. The highest BCUT2D eigenvalue weighted by Gasteiger charge is 2.18. The molecule has 0 fully saturated rings. The van der Waals surface area contributed by atoms with Crippen LogP contribution in [0.5, 0.6) is 5.75 Å². The Hall–Kier alpha value is -2.17. The average Bonchev–Trinajstić information content (AvgIpc) is 2.42. The van der Waals surface area contributed by atoms with Crippen LogP contribution in [0.15, 0.2) is 42.5 Å². The first-order chi connectivity index (χ1) is 9.13. The van der Waals surface area contributed by atoms with Gasteiger partial charge in [0.2, 0.25) is 5.82 Å². The van der Waals surface area contributed by atoms with Gasteiger partial charge in [-0.25, -0.2) is 9.51 Å². The van der Waals surface area contributed by atoms with Crippen molar-refractivity contribution in [2.75, 3.05) is 12.2 Å². The number of rotatable bonds is 4. The molecular weight excluding hydrogens is 255 g/mol. The first-order valence-corrected chi connectivity index (χ1v) is 5.62. The molecule has 0 radical (unpaired) electrons. The van der Waals surface area contributed by atoms with Crippen LogP contribution in [0.4, 0.5) is 18.9 Å². The van der Waals surface area contributed by atoms with Crippen molar-refractivity contribution in [3.8, 4) is 5.75 Å². The standard InChI is InChI=1S/C14H12F3NO/c1-19-12-8-7-11(13(15)14(12)16)18(17)9-10-5-3-2-4-6-10/h2-8H,9H2,1H3. The van der Waals surface area contributed by atoms with Gasteiger partial charge >= 0.3 is 0 Å². The van der Waals surface area contributed by atoms with E-state index in [4.69, 9.17) is 0 Å². The quantitative estimate of drug-likeness (QED) is 0.780. The number of benzene rings is 2. The largest absolute Gasteiger partial charge is 0.494 e. The SMILES string of the molecule is COc1ccc(N(F)Cc2ccccc2)c(F)c1F. The lowest BCUT2D eigenvalue weighted by molar-refractivity contribution is 0.365. The van der Waals surface area contributed by atoms with Crippen LogP contribution in [0, 0.1) is 11.6 Å². The Kier molecular flexibility index (Phi) is 3.94. The van der Waals surface area contributed by atoms with Gasteiger partial charge in [0.25, 0.3) is 0 Å². The van der Waals surface area contributed by atoms with Gasteiger partial charge in [-0.1, -0.05) is 34.8 Å². The third kappa shape index (κ3) is 2.81. The van der Waals surface area contributed by atoms with Gasteiger partial charge in [-0.15, -0.1) is 0 Å². The third-order valence-electron chi connectivity index (χ3n) is 2.67. The number of hydrogen-bond acceptors (Lipinski definition) is 2. The number of hydrogen-bond donors (Lipinski definition) is 0. The summed E-state index contributed by atoms with van der Waals surface area (Å²) < 4.78 is 45.6. The maximum absolute atomic E-state index is 13.9. The summed E-state index contributed by atoms with van der Waals surface area (Å²) >= 11 is 0. The molecule has 0 heterocycles. The van der Waals surface area contributed by atoms with Crippen LogP contribution in [0.1, 0.15) is 5.56 Å². The van der Waals surface area contributed by atoms with Gasteiger partial charge < -0.3 is 4.74 Å². The predicted molar refractivity (Wildman–Crippen MR) is 66.6 cm³/mol. The van der Waals surface area contributed by atoms with Crippen molar-refractivity contribution in [1.29, 1.82) is 0 Å². The molecule has 0 aliphatic carbocycles. The zero-order chi connectivity index (χ0) is 13.8. The average molecular weight is 267 g/mol. The highest BCUT2D eigenvalue weighted by atomic mass is 19.2. The highest BCUT2D eigenvalue weighted by Crippen LogP contribution is 2.29. The number of methoxy groups -OCH3 is 1. The Morgan fingerprint density at radius 3 is 2.32 bits per heavy atom. The zero-order valence-corrected chi connectivity index (χ0v) is 10.2. The maximum atomic E-state index is 13.9. The molecule has 2 aromatic carbocycles. The Morgan fingerprint density at radius 1 is 1.00 bits per heavy atom. The molecule has 0 N–H and O–H groups in total. The van der Waals surface area contributed by atoms with Crippen LogP contribution >= 0.6 is 0 Å². The topological polar surface area (TPSA) is 12.5 Å². The first-order valence-electron chi connectivity index (χ1n) is 5.62. The summed E-state index contributed by atoms with van der Waals surface area (Å²) in [7, 11) is 1.22. The zero-order valence-electron chi connectivity index (χ0n) is 10.2. The molecule has 2 rings (SSSR count). The fourth-order valence-electron chi connectivity index (χ4n) is 1.70. The summed E-state index contributed by atoms with van der Waals surface area (Å²) in [6.45, 7) is -0.163. The molecule has 5 heteroatoms. The minimum absolute atomic E-state index is 0.160. The Morgan fingerprint density at radius 2 is 1.68 bits per heavy atom. The Balaban J connectivity index is 2.25. The lowest BCUT2D eigenvalue weighted by Crippen LogP contribution is -2.13. The lowest BCUT2D eigenvalue weighted by Gasteiger charge is -2.15. The molecule has 0 aromatic heterocycles. The number of anilines is 1. The molecule has 0 aliphatic heterocycles. The fourth-order valence-corrected chi connectivity index (χ4v) is 1.70. The number of ether oxygens (including phenoxy) is 1. The van der Waals surface area contributed by atoms with Crippen LogP contribution in [0.3, 0.4) is 0 Å². The molecule has 0 saturated carbocycles.